The van der Waals surface area contributed by atoms with Crippen molar-refractivity contribution < 1.29 is 14.7 Å². The zero-order valence-corrected chi connectivity index (χ0v) is 15.3. The molecule has 1 saturated carbocycles. The summed E-state index contributed by atoms with van der Waals surface area (Å²) in [5.74, 6) is -0.889. The van der Waals surface area contributed by atoms with Gasteiger partial charge in [-0.25, -0.2) is 0 Å². The van der Waals surface area contributed by atoms with Crippen LogP contribution in [0, 0.1) is 11.8 Å². The summed E-state index contributed by atoms with van der Waals surface area (Å²) in [5, 5.41) is 9.08. The monoisotopic (exact) mass is 381 g/mol. The Morgan fingerprint density at radius 3 is 2.13 bits per heavy atom. The molecule has 0 radical (unpaired) electrons. The van der Waals surface area contributed by atoms with Gasteiger partial charge in [-0.2, -0.15) is 0 Å². The molecule has 0 aliphatic heterocycles. The number of carbonyl (C=O) groups excluding carboxylic acids is 1. The zero-order valence-electron chi connectivity index (χ0n) is 13.7. The molecule has 0 heterocycles. The summed E-state index contributed by atoms with van der Waals surface area (Å²) in [6.45, 7) is 4.65. The van der Waals surface area contributed by atoms with Crippen LogP contribution in [0.15, 0.2) is 28.7 Å². The van der Waals surface area contributed by atoms with Crippen molar-refractivity contribution in [3.63, 3.8) is 0 Å². The molecule has 2 rings (SSSR count). The van der Waals surface area contributed by atoms with E-state index in [-0.39, 0.29) is 23.8 Å². The van der Waals surface area contributed by atoms with E-state index >= 15 is 0 Å². The average Bonchev–Trinajstić information content (AvgIpc) is 2.53. The Labute approximate surface area is 146 Å². The highest BCUT2D eigenvalue weighted by Gasteiger charge is 2.32. The van der Waals surface area contributed by atoms with Gasteiger partial charge in [-0.3, -0.25) is 9.59 Å². The molecule has 0 saturated heterocycles. The highest BCUT2D eigenvalue weighted by atomic mass is 79.9. The van der Waals surface area contributed by atoms with E-state index in [1.807, 2.05) is 43.0 Å². The van der Waals surface area contributed by atoms with Crippen molar-refractivity contribution in [1.29, 1.82) is 0 Å². The SMILES string of the molecule is CC(C)N(Cc1ccc(Br)cc1)C(=O)C1CCC(C(=O)O)CC1. The van der Waals surface area contributed by atoms with Gasteiger partial charge in [0.1, 0.15) is 0 Å². The summed E-state index contributed by atoms with van der Waals surface area (Å²) in [5.41, 5.74) is 1.11. The van der Waals surface area contributed by atoms with Gasteiger partial charge in [-0.15, -0.1) is 0 Å². The molecule has 5 heteroatoms. The average molecular weight is 382 g/mol. The normalized spacial score (nSPS) is 21.2. The van der Waals surface area contributed by atoms with Crippen molar-refractivity contribution in [2.45, 2.75) is 52.1 Å². The van der Waals surface area contributed by atoms with Crippen LogP contribution in [0.3, 0.4) is 0 Å². The van der Waals surface area contributed by atoms with Crippen molar-refractivity contribution in [3.05, 3.63) is 34.3 Å². The maximum atomic E-state index is 12.9. The van der Waals surface area contributed by atoms with Crippen molar-refractivity contribution in [3.8, 4) is 0 Å². The summed E-state index contributed by atoms with van der Waals surface area (Å²) in [6.07, 6.45) is 2.57. The molecule has 0 unspecified atom stereocenters. The number of rotatable bonds is 5. The summed E-state index contributed by atoms with van der Waals surface area (Å²) >= 11 is 3.42. The second kappa shape index (κ2) is 7.95. The third-order valence-corrected chi connectivity index (χ3v) is 5.13. The lowest BCUT2D eigenvalue weighted by Crippen LogP contribution is -2.41. The number of carboxylic acid groups (broad SMARTS) is 1. The van der Waals surface area contributed by atoms with E-state index in [1.165, 1.54) is 0 Å². The van der Waals surface area contributed by atoms with Crippen LogP contribution in [0.25, 0.3) is 0 Å². The molecular formula is C18H24BrNO3. The number of carboxylic acids is 1. The third kappa shape index (κ3) is 4.80. The highest BCUT2D eigenvalue weighted by molar-refractivity contribution is 9.10. The van der Waals surface area contributed by atoms with Crippen molar-refractivity contribution in [2.75, 3.05) is 0 Å². The maximum Gasteiger partial charge on any atom is 0.306 e. The summed E-state index contributed by atoms with van der Waals surface area (Å²) < 4.78 is 1.02. The molecule has 1 aliphatic carbocycles. The van der Waals surface area contributed by atoms with Crippen molar-refractivity contribution >= 4 is 27.8 Å². The topological polar surface area (TPSA) is 57.6 Å². The molecule has 1 aliphatic rings. The quantitative estimate of drug-likeness (QED) is 0.835. The number of halogens is 1. The van der Waals surface area contributed by atoms with Crippen LogP contribution in [0.2, 0.25) is 0 Å². The van der Waals surface area contributed by atoms with Crippen LogP contribution < -0.4 is 0 Å². The molecule has 1 aromatic carbocycles. The fourth-order valence-electron chi connectivity index (χ4n) is 3.12. The lowest BCUT2D eigenvalue weighted by atomic mass is 9.81. The van der Waals surface area contributed by atoms with Crippen molar-refractivity contribution in [2.24, 2.45) is 11.8 Å². The Bertz CT molecular complexity index is 548. The third-order valence-electron chi connectivity index (χ3n) is 4.60. The number of benzene rings is 1. The minimum Gasteiger partial charge on any atom is -0.481 e. The van der Waals surface area contributed by atoms with E-state index in [0.717, 1.165) is 10.0 Å². The Morgan fingerprint density at radius 2 is 1.65 bits per heavy atom. The van der Waals surface area contributed by atoms with Crippen LogP contribution >= 0.6 is 15.9 Å². The Hall–Kier alpha value is -1.36. The summed E-state index contributed by atoms with van der Waals surface area (Å²) in [7, 11) is 0. The minimum absolute atomic E-state index is 0.0385. The number of carbonyl (C=O) groups is 2. The van der Waals surface area contributed by atoms with Gasteiger partial charge in [-0.05, 0) is 57.2 Å². The number of aliphatic carboxylic acids is 1. The summed E-state index contributed by atoms with van der Waals surface area (Å²) in [6, 6.07) is 8.14. The van der Waals surface area contributed by atoms with Crippen LogP contribution in [-0.4, -0.2) is 27.9 Å². The van der Waals surface area contributed by atoms with Crippen molar-refractivity contribution in [1.82, 2.24) is 4.90 Å². The number of hydrogen-bond acceptors (Lipinski definition) is 2. The highest BCUT2D eigenvalue weighted by Crippen LogP contribution is 2.31. The molecule has 0 bridgehead atoms. The van der Waals surface area contributed by atoms with Gasteiger partial charge < -0.3 is 10.0 Å². The van der Waals surface area contributed by atoms with Crippen LogP contribution in [0.5, 0.6) is 0 Å². The molecule has 1 aromatic rings. The van der Waals surface area contributed by atoms with E-state index in [1.54, 1.807) is 0 Å². The number of amides is 1. The number of hydrogen-bond donors (Lipinski definition) is 1. The van der Waals surface area contributed by atoms with Crippen LogP contribution in [0.1, 0.15) is 45.1 Å². The molecule has 1 amide bonds. The predicted molar refractivity (Wildman–Crippen MR) is 92.9 cm³/mol. The molecule has 23 heavy (non-hydrogen) atoms. The largest absolute Gasteiger partial charge is 0.481 e. The molecule has 1 fully saturated rings. The van der Waals surface area contributed by atoms with Gasteiger partial charge in [0, 0.05) is 23.0 Å². The standard InChI is InChI=1S/C18H24BrNO3/c1-12(2)20(11-13-3-9-16(19)10-4-13)17(21)14-5-7-15(8-6-14)18(22)23/h3-4,9-10,12,14-15H,5-8,11H2,1-2H3,(H,22,23). The Balaban J connectivity index is 2.01. The second-order valence-electron chi connectivity index (χ2n) is 6.57. The first-order chi connectivity index (χ1) is 10.9. The molecule has 0 atom stereocenters. The minimum atomic E-state index is -0.730. The van der Waals surface area contributed by atoms with Gasteiger partial charge in [-0.1, -0.05) is 28.1 Å². The Kier molecular flexibility index (Phi) is 6.22. The molecule has 126 valence electrons. The van der Waals surface area contributed by atoms with Gasteiger partial charge in [0.25, 0.3) is 0 Å². The molecule has 4 nitrogen and oxygen atoms in total. The van der Waals surface area contributed by atoms with E-state index in [2.05, 4.69) is 15.9 Å². The number of nitrogens with zero attached hydrogens (tertiary/aromatic N) is 1. The van der Waals surface area contributed by atoms with Crippen LogP contribution in [-0.2, 0) is 16.1 Å². The fourth-order valence-corrected chi connectivity index (χ4v) is 3.39. The predicted octanol–water partition coefficient (Wildman–Crippen LogP) is 4.08. The molecular weight excluding hydrogens is 358 g/mol. The lowest BCUT2D eigenvalue weighted by Gasteiger charge is -2.33. The van der Waals surface area contributed by atoms with E-state index in [9.17, 15) is 9.59 Å². The first kappa shape index (κ1) is 18.0. The smallest absolute Gasteiger partial charge is 0.306 e. The van der Waals surface area contributed by atoms with E-state index in [4.69, 9.17) is 5.11 Å². The van der Waals surface area contributed by atoms with Gasteiger partial charge in [0.15, 0.2) is 0 Å². The molecule has 1 N–H and O–H groups in total. The van der Waals surface area contributed by atoms with Crippen LogP contribution in [0.4, 0.5) is 0 Å². The van der Waals surface area contributed by atoms with E-state index < -0.39 is 5.97 Å². The van der Waals surface area contributed by atoms with E-state index in [0.29, 0.717) is 32.2 Å². The van der Waals surface area contributed by atoms with Gasteiger partial charge in [0.05, 0.1) is 5.92 Å². The Morgan fingerprint density at radius 1 is 1.13 bits per heavy atom. The second-order valence-corrected chi connectivity index (χ2v) is 7.49. The first-order valence-corrected chi connectivity index (χ1v) is 8.95. The molecule has 0 spiro atoms. The maximum absolute atomic E-state index is 12.9. The summed E-state index contributed by atoms with van der Waals surface area (Å²) in [4.78, 5) is 25.8. The first-order valence-electron chi connectivity index (χ1n) is 8.16. The fraction of sp³-hybridized carbons (Fsp3) is 0.556. The van der Waals surface area contributed by atoms with Gasteiger partial charge >= 0.3 is 5.97 Å². The molecule has 0 aromatic heterocycles. The van der Waals surface area contributed by atoms with Gasteiger partial charge in [0.2, 0.25) is 5.91 Å². The zero-order chi connectivity index (χ0) is 17.0. The lowest BCUT2D eigenvalue weighted by molar-refractivity contribution is -0.146.